The molecule has 1 spiro atoms. The Morgan fingerprint density at radius 3 is 2.32 bits per heavy atom. The zero-order chi connectivity index (χ0) is 21.8. The van der Waals surface area contributed by atoms with Gasteiger partial charge in [-0.15, -0.1) is 0 Å². The van der Waals surface area contributed by atoms with Crippen molar-refractivity contribution in [2.75, 3.05) is 6.61 Å². The van der Waals surface area contributed by atoms with Gasteiger partial charge in [-0.3, -0.25) is 0 Å². The van der Waals surface area contributed by atoms with Gasteiger partial charge < -0.3 is 19.7 Å². The molecule has 0 amide bonds. The number of hydrogen-bond acceptors (Lipinski definition) is 4. The van der Waals surface area contributed by atoms with Crippen molar-refractivity contribution in [3.05, 3.63) is 0 Å². The molecule has 2 saturated heterocycles. The summed E-state index contributed by atoms with van der Waals surface area (Å²) >= 11 is 0. The molecule has 4 saturated carbocycles. The lowest BCUT2D eigenvalue weighted by Crippen LogP contribution is -2.58. The average Bonchev–Trinajstić information content (AvgIpc) is 3.17. The SMILES string of the molecule is CC1CC[C@@]2(OC1)O[C@H]1CC3C4C[C@@H](O)C5C[C@@H](O)CC[C@]5(C)C4CC[C@]3(C)[C@H]1[C@@H]2C. The van der Waals surface area contributed by atoms with Crippen LogP contribution in [0.15, 0.2) is 0 Å². The fraction of sp³-hybridized carbons (Fsp3) is 1.00. The smallest absolute Gasteiger partial charge is 0.171 e. The Balaban J connectivity index is 1.28. The van der Waals surface area contributed by atoms with Gasteiger partial charge in [0.1, 0.15) is 0 Å². The van der Waals surface area contributed by atoms with Crippen LogP contribution < -0.4 is 0 Å². The first-order chi connectivity index (χ1) is 14.7. The van der Waals surface area contributed by atoms with E-state index in [1.807, 2.05) is 0 Å². The van der Waals surface area contributed by atoms with E-state index < -0.39 is 0 Å². The highest BCUT2D eigenvalue weighted by Gasteiger charge is 2.69. The predicted molar refractivity (Wildman–Crippen MR) is 119 cm³/mol. The number of aliphatic hydroxyl groups is 2. The summed E-state index contributed by atoms with van der Waals surface area (Å²) in [6, 6.07) is 0. The minimum atomic E-state index is -0.338. The minimum absolute atomic E-state index is 0.191. The summed E-state index contributed by atoms with van der Waals surface area (Å²) in [5.74, 6) is 3.58. The van der Waals surface area contributed by atoms with E-state index >= 15 is 0 Å². The van der Waals surface area contributed by atoms with Gasteiger partial charge in [-0.2, -0.15) is 0 Å². The third kappa shape index (κ3) is 2.80. The molecule has 5 unspecified atom stereocenters. The maximum atomic E-state index is 11.2. The largest absolute Gasteiger partial charge is 0.393 e. The number of rotatable bonds is 0. The molecule has 0 radical (unpaired) electrons. The maximum Gasteiger partial charge on any atom is 0.171 e. The highest BCUT2D eigenvalue weighted by Crippen LogP contribution is 2.71. The van der Waals surface area contributed by atoms with Crippen LogP contribution in [0.1, 0.15) is 85.5 Å². The van der Waals surface area contributed by atoms with Gasteiger partial charge in [0.2, 0.25) is 0 Å². The van der Waals surface area contributed by atoms with Crippen molar-refractivity contribution < 1.29 is 19.7 Å². The molecule has 0 aromatic rings. The van der Waals surface area contributed by atoms with Crippen LogP contribution in [0.2, 0.25) is 0 Å². The lowest BCUT2D eigenvalue weighted by molar-refractivity contribution is -0.273. The Morgan fingerprint density at radius 1 is 0.806 bits per heavy atom. The molecule has 4 aliphatic carbocycles. The summed E-state index contributed by atoms with van der Waals surface area (Å²) in [5, 5.41) is 21.5. The molecule has 0 bridgehead atoms. The molecule has 6 rings (SSSR count). The highest BCUT2D eigenvalue weighted by atomic mass is 16.7. The highest BCUT2D eigenvalue weighted by molar-refractivity contribution is 5.16. The molecule has 6 fully saturated rings. The first-order valence-electron chi connectivity index (χ1n) is 13.4. The van der Waals surface area contributed by atoms with Crippen LogP contribution in [-0.4, -0.2) is 40.9 Å². The van der Waals surface area contributed by atoms with Crippen LogP contribution >= 0.6 is 0 Å². The number of aliphatic hydroxyl groups excluding tert-OH is 2. The maximum absolute atomic E-state index is 11.2. The second kappa shape index (κ2) is 6.93. The average molecular weight is 433 g/mol. The van der Waals surface area contributed by atoms with E-state index in [4.69, 9.17) is 9.47 Å². The fourth-order valence-electron chi connectivity index (χ4n) is 10.3. The molecule has 0 aromatic heterocycles. The van der Waals surface area contributed by atoms with Crippen LogP contribution in [-0.2, 0) is 9.47 Å². The van der Waals surface area contributed by atoms with E-state index in [2.05, 4.69) is 27.7 Å². The Hall–Kier alpha value is -0.160. The van der Waals surface area contributed by atoms with Crippen LogP contribution in [0.25, 0.3) is 0 Å². The van der Waals surface area contributed by atoms with Gasteiger partial charge in [0.05, 0.1) is 24.9 Å². The fourth-order valence-corrected chi connectivity index (χ4v) is 10.3. The van der Waals surface area contributed by atoms with Gasteiger partial charge in [0.15, 0.2) is 5.79 Å². The van der Waals surface area contributed by atoms with E-state index in [1.165, 1.54) is 19.3 Å². The Kier molecular flexibility index (Phi) is 4.78. The standard InChI is InChI=1S/C27H44O4/c1-15-5-10-27(30-14-15)16(2)24-23(31-27)13-20-18-12-22(29)21-11-17(28)6-8-25(21,3)19(18)7-9-26(20,24)4/h15-24,28-29H,5-14H2,1-4H3/t15?,16-,17-,18?,19?,20?,21?,22+,23-,24-,25+,26-,27+/m0/s1. The van der Waals surface area contributed by atoms with E-state index in [0.717, 1.165) is 45.1 Å². The van der Waals surface area contributed by atoms with E-state index in [-0.39, 0.29) is 29.3 Å². The van der Waals surface area contributed by atoms with Crippen LogP contribution in [0, 0.1) is 52.3 Å². The lowest BCUT2D eigenvalue weighted by Gasteiger charge is -2.62. The number of ether oxygens (including phenoxy) is 2. The number of hydrogen-bond donors (Lipinski definition) is 2. The van der Waals surface area contributed by atoms with E-state index in [9.17, 15) is 10.2 Å². The van der Waals surface area contributed by atoms with Crippen molar-refractivity contribution >= 4 is 0 Å². The van der Waals surface area contributed by atoms with Crippen LogP contribution in [0.4, 0.5) is 0 Å². The minimum Gasteiger partial charge on any atom is -0.393 e. The summed E-state index contributed by atoms with van der Waals surface area (Å²) in [5.41, 5.74) is 0.495. The molecule has 176 valence electrons. The third-order valence-electron chi connectivity index (χ3n) is 11.9. The lowest BCUT2D eigenvalue weighted by atomic mass is 9.43. The molecule has 6 aliphatic rings. The van der Waals surface area contributed by atoms with Crippen molar-refractivity contribution in [2.45, 2.75) is 110 Å². The van der Waals surface area contributed by atoms with Crippen LogP contribution in [0.5, 0.6) is 0 Å². The molecule has 31 heavy (non-hydrogen) atoms. The monoisotopic (exact) mass is 432 g/mol. The zero-order valence-electron chi connectivity index (χ0n) is 20.1. The molecule has 2 heterocycles. The topological polar surface area (TPSA) is 58.9 Å². The van der Waals surface area contributed by atoms with Crippen molar-refractivity contribution in [1.29, 1.82) is 0 Å². The Morgan fingerprint density at radius 2 is 1.58 bits per heavy atom. The van der Waals surface area contributed by atoms with Gasteiger partial charge in [-0.1, -0.05) is 27.7 Å². The molecule has 4 heteroatoms. The van der Waals surface area contributed by atoms with Crippen molar-refractivity contribution in [3.8, 4) is 0 Å². The molecular weight excluding hydrogens is 388 g/mol. The van der Waals surface area contributed by atoms with Gasteiger partial charge in [-0.25, -0.2) is 0 Å². The molecule has 13 atom stereocenters. The summed E-state index contributed by atoms with van der Waals surface area (Å²) in [6.45, 7) is 10.6. The number of fused-ring (bicyclic) bond motifs is 7. The second-order valence-electron chi connectivity index (χ2n) is 13.2. The summed E-state index contributed by atoms with van der Waals surface area (Å²) < 4.78 is 13.3. The summed E-state index contributed by atoms with van der Waals surface area (Å²) in [7, 11) is 0. The first kappa shape index (κ1) is 21.4. The molecule has 2 aliphatic heterocycles. The van der Waals surface area contributed by atoms with Gasteiger partial charge in [0, 0.05) is 12.3 Å². The quantitative estimate of drug-likeness (QED) is 0.579. The third-order valence-corrected chi connectivity index (χ3v) is 11.9. The van der Waals surface area contributed by atoms with E-state index in [0.29, 0.717) is 47.0 Å². The van der Waals surface area contributed by atoms with Crippen molar-refractivity contribution in [3.63, 3.8) is 0 Å². The van der Waals surface area contributed by atoms with Crippen LogP contribution in [0.3, 0.4) is 0 Å². The van der Waals surface area contributed by atoms with E-state index in [1.54, 1.807) is 0 Å². The van der Waals surface area contributed by atoms with Gasteiger partial charge in [-0.05, 0) is 97.7 Å². The molecule has 2 N–H and O–H groups in total. The second-order valence-corrected chi connectivity index (χ2v) is 13.2. The Labute approximate surface area is 188 Å². The molecule has 4 nitrogen and oxygen atoms in total. The van der Waals surface area contributed by atoms with Gasteiger partial charge >= 0.3 is 0 Å². The normalized spacial score (nSPS) is 63.3. The Bertz CT molecular complexity index is 716. The zero-order valence-corrected chi connectivity index (χ0v) is 20.1. The molecule has 0 aromatic carbocycles. The first-order valence-corrected chi connectivity index (χ1v) is 13.4. The van der Waals surface area contributed by atoms with Crippen molar-refractivity contribution in [1.82, 2.24) is 0 Å². The summed E-state index contributed by atoms with van der Waals surface area (Å²) in [6.07, 6.45) is 9.58. The van der Waals surface area contributed by atoms with Crippen molar-refractivity contribution in [2.24, 2.45) is 52.3 Å². The predicted octanol–water partition coefficient (Wildman–Crippen LogP) is 4.76. The summed E-state index contributed by atoms with van der Waals surface area (Å²) in [4.78, 5) is 0. The molecular formula is C27H44O4. The van der Waals surface area contributed by atoms with Gasteiger partial charge in [0.25, 0.3) is 0 Å².